The molecule has 2 atom stereocenters. The molecule has 64 valence electrons. The summed E-state index contributed by atoms with van der Waals surface area (Å²) in [6, 6.07) is 4.25. The van der Waals surface area contributed by atoms with E-state index in [0.29, 0.717) is 0 Å². The van der Waals surface area contributed by atoms with E-state index in [0.717, 1.165) is 0 Å². The molecule has 0 bridgehead atoms. The quantitative estimate of drug-likeness (QED) is 0.319. The molecule has 1 aromatic rings. The van der Waals surface area contributed by atoms with Crippen LogP contribution in [-0.2, 0) is 4.94 Å². The molecule has 1 heterocycles. The zero-order chi connectivity index (χ0) is 8.72. The minimum Gasteiger partial charge on any atom is -0.590 e. The van der Waals surface area contributed by atoms with Gasteiger partial charge in [-0.3, -0.25) is 0 Å². The fourth-order valence-electron chi connectivity index (χ4n) is 1.11. The number of phenolic OH excluding ortho intramolecular Hbond substituents is 1. The van der Waals surface area contributed by atoms with Crippen LogP contribution in [0, 0.1) is 10.4 Å². The molecule has 0 fully saturated rings. The van der Waals surface area contributed by atoms with Crippen LogP contribution in [-0.4, -0.2) is 5.11 Å². The monoisotopic (exact) mass is 170 g/mol. The van der Waals surface area contributed by atoms with Crippen LogP contribution in [0.5, 0.6) is 5.75 Å². The number of hydrogen-bond donors (Lipinski definition) is 3. The smallest absolute Gasteiger partial charge is 0.275 e. The molecule has 0 aliphatic carbocycles. The zero-order valence-corrected chi connectivity index (χ0v) is 5.90. The number of benzene rings is 1. The molecule has 0 spiro atoms. The normalized spacial score (nSPS) is 27.2. The van der Waals surface area contributed by atoms with E-state index in [1.807, 2.05) is 0 Å². The van der Waals surface area contributed by atoms with Gasteiger partial charge >= 0.3 is 0 Å². The van der Waals surface area contributed by atoms with Crippen molar-refractivity contribution in [3.8, 4) is 5.75 Å². The van der Waals surface area contributed by atoms with Crippen molar-refractivity contribution in [2.24, 2.45) is 0 Å². The molecule has 0 amide bonds. The predicted octanol–water partition coefficient (Wildman–Crippen LogP) is -1.72. The fraction of sp³-hybridized carbons (Fsp3) is 0. The molecule has 2 unspecified atom stereocenters. The van der Waals surface area contributed by atoms with E-state index >= 15 is 0 Å². The summed E-state index contributed by atoms with van der Waals surface area (Å²) >= 11 is 0. The van der Waals surface area contributed by atoms with Crippen LogP contribution in [0.2, 0.25) is 0 Å². The molecule has 0 radical (unpaired) electrons. The van der Waals surface area contributed by atoms with Gasteiger partial charge in [-0.1, -0.05) is 6.07 Å². The van der Waals surface area contributed by atoms with Gasteiger partial charge in [-0.2, -0.15) is 0 Å². The molecule has 1 aliphatic rings. The van der Waals surface area contributed by atoms with Crippen LogP contribution in [0.3, 0.4) is 0 Å². The summed E-state index contributed by atoms with van der Waals surface area (Å²) in [5.41, 5.74) is 0.0856. The molecule has 0 saturated heterocycles. The van der Waals surface area contributed by atoms with E-state index in [4.69, 9.17) is 5.11 Å². The Morgan fingerprint density at radius 2 is 2.00 bits per heavy atom. The van der Waals surface area contributed by atoms with Crippen molar-refractivity contribution in [2.75, 3.05) is 0 Å². The lowest BCUT2D eigenvalue weighted by molar-refractivity contribution is -1.24. The van der Waals surface area contributed by atoms with Crippen molar-refractivity contribution in [1.82, 2.24) is 0 Å². The first-order valence-corrected chi connectivity index (χ1v) is 3.28. The van der Waals surface area contributed by atoms with Crippen molar-refractivity contribution >= 4 is 11.4 Å². The Kier molecular flexibility index (Phi) is 1.50. The van der Waals surface area contributed by atoms with Crippen LogP contribution < -0.4 is 10.5 Å². The van der Waals surface area contributed by atoms with Gasteiger partial charge in [0.15, 0.2) is 5.75 Å². The second kappa shape index (κ2) is 2.41. The van der Waals surface area contributed by atoms with Gasteiger partial charge < -0.3 is 15.5 Å². The van der Waals surface area contributed by atoms with Gasteiger partial charge in [0.1, 0.15) is 0 Å². The summed E-state index contributed by atoms with van der Waals surface area (Å²) in [5.74, 6) is -0.219. The lowest BCUT2D eigenvalue weighted by Crippen LogP contribution is -3.15. The van der Waals surface area contributed by atoms with Crippen LogP contribution in [0.1, 0.15) is 0 Å². The minimum absolute atomic E-state index is 0.0394. The highest BCUT2D eigenvalue weighted by molar-refractivity contribution is 5.60. The highest BCUT2D eigenvalue weighted by Gasteiger charge is 2.32. The van der Waals surface area contributed by atoms with Gasteiger partial charge in [0, 0.05) is 11.0 Å². The Morgan fingerprint density at radius 3 is 2.67 bits per heavy atom. The maximum absolute atomic E-state index is 10.9. The third kappa shape index (κ3) is 0.876. The number of nitrogens with one attached hydrogen (secondary N) is 2. The molecule has 6 heteroatoms. The maximum atomic E-state index is 10.9. The van der Waals surface area contributed by atoms with E-state index < -0.39 is 10.5 Å². The van der Waals surface area contributed by atoms with Gasteiger partial charge in [-0.25, -0.2) is 0 Å². The Morgan fingerprint density at radius 1 is 1.25 bits per heavy atom. The molecule has 0 saturated carbocycles. The van der Waals surface area contributed by atoms with E-state index in [1.54, 1.807) is 0 Å². The molecule has 6 nitrogen and oxygen atoms in total. The fourth-order valence-corrected chi connectivity index (χ4v) is 1.11. The summed E-state index contributed by atoms with van der Waals surface area (Å²) < 4.78 is 0. The average molecular weight is 170 g/mol. The molecule has 3 N–H and O–H groups in total. The van der Waals surface area contributed by atoms with E-state index in [1.165, 1.54) is 18.2 Å². The van der Waals surface area contributed by atoms with Gasteiger partial charge in [-0.15, -0.1) is 10.5 Å². The van der Waals surface area contributed by atoms with Gasteiger partial charge in [0.25, 0.3) is 5.69 Å². The average Bonchev–Trinajstić information content (AvgIpc) is 2.29. The van der Waals surface area contributed by atoms with Crippen molar-refractivity contribution in [2.45, 2.75) is 0 Å². The van der Waals surface area contributed by atoms with E-state index in [-0.39, 0.29) is 17.1 Å². The number of aromatic hydroxyl groups is 1. The first-order valence-electron chi connectivity index (χ1n) is 3.28. The zero-order valence-electron chi connectivity index (χ0n) is 5.90. The summed E-state index contributed by atoms with van der Waals surface area (Å²) in [4.78, 5) is 4.27. The lowest BCUT2D eigenvalue weighted by atomic mass is 10.2. The Bertz CT molecular complexity index is 316. The van der Waals surface area contributed by atoms with Gasteiger partial charge in [-0.05, 0) is 6.07 Å². The second-order valence-corrected chi connectivity index (χ2v) is 2.38. The van der Waals surface area contributed by atoms with Crippen molar-refractivity contribution in [3.05, 3.63) is 28.6 Å². The second-order valence-electron chi connectivity index (χ2n) is 2.38. The molecular formula is C6H6N2O4. The molecule has 0 aromatic heterocycles. The van der Waals surface area contributed by atoms with Crippen LogP contribution in [0.25, 0.3) is 0 Å². The molecule has 12 heavy (non-hydrogen) atoms. The number of quaternary nitrogens is 2. The van der Waals surface area contributed by atoms with Crippen molar-refractivity contribution in [3.63, 3.8) is 0 Å². The van der Waals surface area contributed by atoms with Crippen LogP contribution in [0.4, 0.5) is 11.4 Å². The van der Waals surface area contributed by atoms with Crippen LogP contribution >= 0.6 is 0 Å². The summed E-state index contributed by atoms with van der Waals surface area (Å²) in [7, 11) is 0. The lowest BCUT2D eigenvalue weighted by Gasteiger charge is -2.10. The molecule has 2 rings (SSSR count). The Hall–Kier alpha value is -1.18. The van der Waals surface area contributed by atoms with E-state index in [9.17, 15) is 10.4 Å². The maximum Gasteiger partial charge on any atom is 0.275 e. The number of rotatable bonds is 0. The first-order chi connectivity index (χ1) is 5.70. The molecular weight excluding hydrogens is 164 g/mol. The summed E-state index contributed by atoms with van der Waals surface area (Å²) in [5, 5.41) is 29.4. The standard InChI is InChI=1S/C6H6N2O4/c9-5-3-1-2-4-6(5)8(11)12-7(4)10/h1-3,7-9H. The van der Waals surface area contributed by atoms with Gasteiger partial charge in [0.2, 0.25) is 5.69 Å². The van der Waals surface area contributed by atoms with Gasteiger partial charge in [0.05, 0.1) is 0 Å². The number of hydrogen-bond acceptors (Lipinski definition) is 4. The predicted molar refractivity (Wildman–Crippen MR) is 37.2 cm³/mol. The van der Waals surface area contributed by atoms with Crippen LogP contribution in [0.15, 0.2) is 18.2 Å². The highest BCUT2D eigenvalue weighted by atomic mass is 17.1. The SMILES string of the molecule is [O-][NH+]1O[NH+]([O-])c2c(O)cccc21. The summed E-state index contributed by atoms with van der Waals surface area (Å²) in [6.45, 7) is 0. The number of phenols is 1. The van der Waals surface area contributed by atoms with Crippen molar-refractivity contribution < 1.29 is 20.5 Å². The number of fused-ring (bicyclic) bond motifs is 1. The summed E-state index contributed by atoms with van der Waals surface area (Å²) in [6.07, 6.45) is 0. The Labute approximate surface area is 67.3 Å². The third-order valence-electron chi connectivity index (χ3n) is 1.65. The van der Waals surface area contributed by atoms with Crippen molar-refractivity contribution in [1.29, 1.82) is 0 Å². The first kappa shape index (κ1) is 7.47. The largest absolute Gasteiger partial charge is 0.590 e. The highest BCUT2D eigenvalue weighted by Crippen LogP contribution is 2.26. The topological polar surface area (TPSA) is 84.5 Å². The molecule has 1 aliphatic heterocycles. The third-order valence-corrected chi connectivity index (χ3v) is 1.65. The minimum atomic E-state index is -0.784. The molecule has 1 aromatic carbocycles. The Balaban J connectivity index is 2.59. The van der Waals surface area contributed by atoms with E-state index in [2.05, 4.69) is 4.94 Å².